The van der Waals surface area contributed by atoms with Crippen LogP contribution in [0.5, 0.6) is 11.6 Å². The van der Waals surface area contributed by atoms with Crippen molar-refractivity contribution in [1.29, 1.82) is 0 Å². The average Bonchev–Trinajstić information content (AvgIpc) is 2.38. The SMILES string of the molecule is CCNc1nc(Oc2ccc(F)cc2F)c(Cl)cc1Cl. The number of halogens is 4. The molecule has 0 aliphatic heterocycles. The second-order valence-electron chi connectivity index (χ2n) is 3.81. The fourth-order valence-electron chi connectivity index (χ4n) is 1.47. The van der Waals surface area contributed by atoms with Crippen molar-refractivity contribution in [3.63, 3.8) is 0 Å². The van der Waals surface area contributed by atoms with E-state index in [1.165, 1.54) is 6.07 Å². The number of nitrogens with zero attached hydrogens (tertiary/aromatic N) is 1. The maximum absolute atomic E-state index is 13.5. The van der Waals surface area contributed by atoms with E-state index in [1.807, 2.05) is 6.92 Å². The lowest BCUT2D eigenvalue weighted by Crippen LogP contribution is -2.02. The third kappa shape index (κ3) is 3.29. The van der Waals surface area contributed by atoms with Crippen molar-refractivity contribution in [1.82, 2.24) is 4.98 Å². The quantitative estimate of drug-likeness (QED) is 0.871. The summed E-state index contributed by atoms with van der Waals surface area (Å²) >= 11 is 11.9. The Hall–Kier alpha value is -1.59. The Balaban J connectivity index is 2.35. The number of hydrogen-bond donors (Lipinski definition) is 1. The van der Waals surface area contributed by atoms with Crippen LogP contribution in [0, 0.1) is 11.6 Å². The summed E-state index contributed by atoms with van der Waals surface area (Å²) < 4.78 is 31.6. The van der Waals surface area contributed by atoms with Gasteiger partial charge < -0.3 is 10.1 Å². The molecule has 0 radical (unpaired) electrons. The molecule has 3 nitrogen and oxygen atoms in total. The summed E-state index contributed by atoms with van der Waals surface area (Å²) in [6.45, 7) is 2.46. The van der Waals surface area contributed by atoms with Gasteiger partial charge in [0.15, 0.2) is 11.6 Å². The summed E-state index contributed by atoms with van der Waals surface area (Å²) in [6, 6.07) is 4.38. The Bertz CT molecular complexity index is 638. The zero-order valence-corrected chi connectivity index (χ0v) is 11.9. The highest BCUT2D eigenvalue weighted by Crippen LogP contribution is 2.34. The Morgan fingerprint density at radius 1 is 1.20 bits per heavy atom. The minimum atomic E-state index is -0.845. The van der Waals surface area contributed by atoms with Crippen molar-refractivity contribution in [2.24, 2.45) is 0 Å². The molecule has 106 valence electrons. The average molecular weight is 319 g/mol. The largest absolute Gasteiger partial charge is 0.434 e. The first-order valence-corrected chi connectivity index (χ1v) is 6.49. The molecule has 7 heteroatoms. The van der Waals surface area contributed by atoms with Gasteiger partial charge in [0.1, 0.15) is 16.7 Å². The van der Waals surface area contributed by atoms with E-state index >= 15 is 0 Å². The van der Waals surface area contributed by atoms with E-state index in [-0.39, 0.29) is 16.7 Å². The summed E-state index contributed by atoms with van der Waals surface area (Å²) in [5.41, 5.74) is 0. The molecule has 20 heavy (non-hydrogen) atoms. The number of hydrogen-bond acceptors (Lipinski definition) is 3. The first kappa shape index (κ1) is 14.8. The summed E-state index contributed by atoms with van der Waals surface area (Å²) in [5, 5.41) is 3.37. The van der Waals surface area contributed by atoms with Gasteiger partial charge in [0.25, 0.3) is 0 Å². The zero-order valence-electron chi connectivity index (χ0n) is 10.4. The predicted octanol–water partition coefficient (Wildman–Crippen LogP) is 4.89. The number of benzene rings is 1. The highest BCUT2D eigenvalue weighted by atomic mass is 35.5. The summed E-state index contributed by atoms with van der Waals surface area (Å²) in [4.78, 5) is 4.06. The van der Waals surface area contributed by atoms with E-state index in [0.29, 0.717) is 23.5 Å². The molecule has 0 aliphatic carbocycles. The summed E-state index contributed by atoms with van der Waals surface area (Å²) in [5.74, 6) is -1.36. The van der Waals surface area contributed by atoms with Gasteiger partial charge in [-0.3, -0.25) is 0 Å². The third-order valence-corrected chi connectivity index (χ3v) is 2.90. The van der Waals surface area contributed by atoms with E-state index in [1.54, 1.807) is 0 Å². The van der Waals surface area contributed by atoms with Crippen LogP contribution in [0.2, 0.25) is 10.0 Å². The van der Waals surface area contributed by atoms with Crippen LogP contribution in [0.3, 0.4) is 0 Å². The van der Waals surface area contributed by atoms with Gasteiger partial charge >= 0.3 is 0 Å². The molecule has 1 aromatic heterocycles. The van der Waals surface area contributed by atoms with Crippen LogP contribution in [0.15, 0.2) is 24.3 Å². The lowest BCUT2D eigenvalue weighted by Gasteiger charge is -2.11. The van der Waals surface area contributed by atoms with Crippen LogP contribution in [0.1, 0.15) is 6.92 Å². The standard InChI is InChI=1S/C13H10Cl2F2N2O/c1-2-18-12-8(14)6-9(15)13(19-12)20-11-4-3-7(16)5-10(11)17/h3-6H,2H2,1H3,(H,18,19). The minimum absolute atomic E-state index is 0.0162. The second-order valence-corrected chi connectivity index (χ2v) is 4.63. The van der Waals surface area contributed by atoms with Gasteiger partial charge in [-0.2, -0.15) is 4.98 Å². The Morgan fingerprint density at radius 2 is 1.95 bits per heavy atom. The second kappa shape index (κ2) is 6.24. The van der Waals surface area contributed by atoms with Crippen molar-refractivity contribution >= 4 is 29.0 Å². The molecule has 0 aliphatic rings. The van der Waals surface area contributed by atoms with E-state index in [9.17, 15) is 8.78 Å². The fraction of sp³-hybridized carbons (Fsp3) is 0.154. The molecule has 0 amide bonds. The fourth-order valence-corrected chi connectivity index (χ4v) is 1.94. The molecule has 1 aromatic carbocycles. The molecule has 0 unspecified atom stereocenters. The van der Waals surface area contributed by atoms with Crippen molar-refractivity contribution in [3.05, 3.63) is 45.9 Å². The molecule has 0 saturated carbocycles. The van der Waals surface area contributed by atoms with Gasteiger partial charge in [-0.1, -0.05) is 23.2 Å². The van der Waals surface area contributed by atoms with Gasteiger partial charge in [-0.15, -0.1) is 0 Å². The maximum atomic E-state index is 13.5. The molecular formula is C13H10Cl2F2N2O. The van der Waals surface area contributed by atoms with Gasteiger partial charge in [0.2, 0.25) is 5.88 Å². The molecule has 1 N–H and O–H groups in total. The number of pyridine rings is 1. The molecule has 0 bridgehead atoms. The third-order valence-electron chi connectivity index (χ3n) is 2.34. The number of nitrogens with one attached hydrogen (secondary N) is 1. The van der Waals surface area contributed by atoms with Gasteiger partial charge in [0.05, 0.1) is 5.02 Å². The van der Waals surface area contributed by atoms with E-state index in [2.05, 4.69) is 10.3 Å². The highest BCUT2D eigenvalue weighted by molar-refractivity contribution is 6.36. The van der Waals surface area contributed by atoms with Crippen molar-refractivity contribution in [3.8, 4) is 11.6 Å². The topological polar surface area (TPSA) is 34.2 Å². The number of anilines is 1. The van der Waals surface area contributed by atoms with Gasteiger partial charge in [-0.05, 0) is 25.1 Å². The van der Waals surface area contributed by atoms with Gasteiger partial charge in [-0.25, -0.2) is 8.78 Å². The van der Waals surface area contributed by atoms with Crippen LogP contribution < -0.4 is 10.1 Å². The molecule has 0 fully saturated rings. The van der Waals surface area contributed by atoms with Crippen LogP contribution in [-0.2, 0) is 0 Å². The molecule has 0 saturated heterocycles. The molecule has 2 rings (SSSR count). The first-order chi connectivity index (χ1) is 9.51. The lowest BCUT2D eigenvalue weighted by molar-refractivity contribution is 0.424. The molecule has 2 aromatic rings. The van der Waals surface area contributed by atoms with Crippen molar-refractivity contribution in [2.75, 3.05) is 11.9 Å². The first-order valence-electron chi connectivity index (χ1n) is 5.74. The number of rotatable bonds is 4. The Morgan fingerprint density at radius 3 is 2.60 bits per heavy atom. The van der Waals surface area contributed by atoms with E-state index < -0.39 is 11.6 Å². The molecular weight excluding hydrogens is 309 g/mol. The van der Waals surface area contributed by atoms with Crippen LogP contribution >= 0.6 is 23.2 Å². The van der Waals surface area contributed by atoms with E-state index in [4.69, 9.17) is 27.9 Å². The Kier molecular flexibility index (Phi) is 4.62. The van der Waals surface area contributed by atoms with Crippen molar-refractivity contribution in [2.45, 2.75) is 6.92 Å². The van der Waals surface area contributed by atoms with Crippen molar-refractivity contribution < 1.29 is 13.5 Å². The Labute approximate surface area is 124 Å². The minimum Gasteiger partial charge on any atom is -0.434 e. The van der Waals surface area contributed by atoms with Crippen LogP contribution in [0.4, 0.5) is 14.6 Å². The summed E-state index contributed by atoms with van der Waals surface area (Å²) in [6.07, 6.45) is 0. The predicted molar refractivity (Wildman–Crippen MR) is 74.9 cm³/mol. The highest BCUT2D eigenvalue weighted by Gasteiger charge is 2.13. The van der Waals surface area contributed by atoms with Gasteiger partial charge in [0, 0.05) is 12.6 Å². The smallest absolute Gasteiger partial charge is 0.240 e. The lowest BCUT2D eigenvalue weighted by atomic mass is 10.3. The van der Waals surface area contributed by atoms with E-state index in [0.717, 1.165) is 12.1 Å². The van der Waals surface area contributed by atoms with Crippen LogP contribution in [0.25, 0.3) is 0 Å². The normalized spacial score (nSPS) is 10.4. The number of aromatic nitrogens is 1. The monoisotopic (exact) mass is 318 g/mol. The molecule has 1 heterocycles. The molecule has 0 atom stereocenters. The summed E-state index contributed by atoms with van der Waals surface area (Å²) in [7, 11) is 0. The number of ether oxygens (including phenoxy) is 1. The zero-order chi connectivity index (χ0) is 14.7. The molecule has 0 spiro atoms. The maximum Gasteiger partial charge on any atom is 0.240 e. The van der Waals surface area contributed by atoms with Crippen LogP contribution in [-0.4, -0.2) is 11.5 Å².